The Balaban J connectivity index is 2.56. The van der Waals surface area contributed by atoms with Gasteiger partial charge in [0.25, 0.3) is 0 Å². The molecule has 0 bridgehead atoms. The summed E-state index contributed by atoms with van der Waals surface area (Å²) < 4.78 is 61.4. The summed E-state index contributed by atoms with van der Waals surface area (Å²) >= 11 is 5.76. The summed E-state index contributed by atoms with van der Waals surface area (Å²) in [6, 6.07) is 3.23. The maximum atomic E-state index is 14.1. The van der Waals surface area contributed by atoms with E-state index in [1.807, 2.05) is 67.8 Å². The first-order valence-electron chi connectivity index (χ1n) is 6.14. The average molecular weight is 694 g/mol. The van der Waals surface area contributed by atoms with E-state index in [4.69, 9.17) is 9.84 Å². The Hall–Kier alpha value is -0.420. The molecule has 0 spiro atoms. The Kier molecular flexibility index (Phi) is 6.75. The molecule has 134 valence electrons. The minimum Gasteiger partial charge on any atom is -0.477 e. The fraction of sp³-hybridized carbons (Fsp3) is 0.0714. The first kappa shape index (κ1) is 20.9. The molecule has 0 aliphatic rings. The van der Waals surface area contributed by atoms with Gasteiger partial charge in [-0.15, -0.1) is 0 Å². The van der Waals surface area contributed by atoms with Gasteiger partial charge in [0.1, 0.15) is 5.56 Å². The van der Waals surface area contributed by atoms with E-state index in [-0.39, 0.29) is 5.56 Å². The molecule has 0 fully saturated rings. The Labute approximate surface area is 179 Å². The minimum absolute atomic E-state index is 0.123. The lowest BCUT2D eigenvalue weighted by Crippen LogP contribution is -2.16. The molecule has 0 saturated heterocycles. The van der Waals surface area contributed by atoms with E-state index in [2.05, 4.69) is 0 Å². The van der Waals surface area contributed by atoms with Crippen LogP contribution in [0.1, 0.15) is 22.2 Å². The number of carboxylic acids is 1. The van der Waals surface area contributed by atoms with Crippen LogP contribution in [0.3, 0.4) is 0 Å². The van der Waals surface area contributed by atoms with Crippen molar-refractivity contribution in [3.8, 4) is 5.75 Å². The van der Waals surface area contributed by atoms with Crippen molar-refractivity contribution < 1.29 is 37.3 Å². The fourth-order valence-corrected chi connectivity index (χ4v) is 4.30. The highest BCUT2D eigenvalue weighted by Crippen LogP contribution is 2.34. The van der Waals surface area contributed by atoms with Crippen molar-refractivity contribution in [1.29, 1.82) is 0 Å². The number of ether oxygens (including phenoxy) is 1. The highest BCUT2D eigenvalue weighted by Gasteiger charge is 2.32. The van der Waals surface area contributed by atoms with Crippen LogP contribution in [-0.2, 0) is 0 Å². The molecule has 2 rings (SSSR count). The van der Waals surface area contributed by atoms with Crippen LogP contribution in [0.25, 0.3) is 0 Å². The van der Waals surface area contributed by atoms with Crippen molar-refractivity contribution in [2.45, 2.75) is 6.29 Å². The van der Waals surface area contributed by atoms with E-state index in [1.54, 1.807) is 6.07 Å². The SMILES string of the molecule is O=C(O)c1c(F)c(F)c(F)c(OC(O)c2cc(I)cc(I)c2I)c1F. The highest BCUT2D eigenvalue weighted by molar-refractivity contribution is 14.1. The van der Waals surface area contributed by atoms with Crippen LogP contribution in [0, 0.1) is 34.0 Å². The molecule has 0 heterocycles. The zero-order valence-electron chi connectivity index (χ0n) is 11.6. The second-order valence-corrected chi connectivity index (χ2v) is 8.01. The molecule has 2 aromatic rings. The number of benzene rings is 2. The molecule has 4 nitrogen and oxygen atoms in total. The molecule has 0 aliphatic carbocycles. The third-order valence-electron chi connectivity index (χ3n) is 2.95. The lowest BCUT2D eigenvalue weighted by molar-refractivity contribution is -0.0264. The van der Waals surface area contributed by atoms with Gasteiger partial charge in [-0.3, -0.25) is 0 Å². The molecule has 0 amide bonds. The summed E-state index contributed by atoms with van der Waals surface area (Å²) in [5.74, 6) is -12.1. The monoisotopic (exact) mass is 694 g/mol. The maximum Gasteiger partial charge on any atom is 0.341 e. The van der Waals surface area contributed by atoms with Gasteiger partial charge in [-0.05, 0) is 79.9 Å². The molecule has 0 aliphatic heterocycles. The first-order chi connectivity index (χ1) is 11.6. The predicted octanol–water partition coefficient (Wildman–Crippen LogP) is 4.82. The Morgan fingerprint density at radius 1 is 1.00 bits per heavy atom. The predicted molar refractivity (Wildman–Crippen MR) is 103 cm³/mol. The molecule has 11 heteroatoms. The number of aliphatic hydroxyl groups is 1. The topological polar surface area (TPSA) is 66.8 Å². The second kappa shape index (κ2) is 8.08. The van der Waals surface area contributed by atoms with Crippen molar-refractivity contribution in [3.63, 3.8) is 0 Å². The molecule has 0 saturated carbocycles. The van der Waals surface area contributed by atoms with Gasteiger partial charge >= 0.3 is 5.97 Å². The number of aliphatic hydroxyl groups excluding tert-OH is 1. The van der Waals surface area contributed by atoms with Crippen molar-refractivity contribution >= 4 is 73.7 Å². The number of hydrogen-bond acceptors (Lipinski definition) is 3. The standard InChI is InChI=1S/C14H5F4I3O4/c15-7-6(13(22)23)8(16)12(10(18)9(7)17)25-14(24)4-1-3(19)2-5(20)11(4)21/h1-2,14,24H,(H,22,23). The molecular weight excluding hydrogens is 689 g/mol. The van der Waals surface area contributed by atoms with Crippen molar-refractivity contribution in [2.24, 2.45) is 0 Å². The molecule has 2 N–H and O–H groups in total. The molecule has 25 heavy (non-hydrogen) atoms. The van der Waals surface area contributed by atoms with E-state index in [0.29, 0.717) is 10.7 Å². The second-order valence-electron chi connectivity index (χ2n) is 4.53. The van der Waals surface area contributed by atoms with Gasteiger partial charge in [-0.25, -0.2) is 18.0 Å². The average Bonchev–Trinajstić information content (AvgIpc) is 2.52. The largest absolute Gasteiger partial charge is 0.477 e. The summed E-state index contributed by atoms with van der Waals surface area (Å²) in [4.78, 5) is 10.9. The normalized spacial score (nSPS) is 12.2. The number of carboxylic acid groups (broad SMARTS) is 1. The van der Waals surface area contributed by atoms with Gasteiger partial charge in [-0.1, -0.05) is 0 Å². The summed E-state index contributed by atoms with van der Waals surface area (Å²) in [6.07, 6.45) is -1.94. The van der Waals surface area contributed by atoms with Gasteiger partial charge in [0.05, 0.1) is 0 Å². The Bertz CT molecular complexity index is 876. The fourth-order valence-electron chi connectivity index (χ4n) is 1.83. The zero-order valence-corrected chi connectivity index (χ0v) is 18.1. The highest BCUT2D eigenvalue weighted by atomic mass is 127. The summed E-state index contributed by atoms with van der Waals surface area (Å²) in [6.45, 7) is 0. The molecule has 1 unspecified atom stereocenters. The van der Waals surface area contributed by atoms with E-state index < -0.39 is 46.8 Å². The number of aromatic carboxylic acids is 1. The lowest BCUT2D eigenvalue weighted by Gasteiger charge is -2.18. The van der Waals surface area contributed by atoms with E-state index in [1.165, 1.54) is 6.07 Å². The summed E-state index contributed by atoms with van der Waals surface area (Å²) in [5.41, 5.74) is -1.59. The van der Waals surface area contributed by atoms with Gasteiger partial charge in [-0.2, -0.15) is 4.39 Å². The van der Waals surface area contributed by atoms with Crippen molar-refractivity contribution in [3.05, 3.63) is 57.2 Å². The van der Waals surface area contributed by atoms with Crippen LogP contribution in [0.15, 0.2) is 12.1 Å². The third kappa shape index (κ3) is 4.13. The number of carbonyl (C=O) groups is 1. The number of hydrogen-bond donors (Lipinski definition) is 2. The quantitative estimate of drug-likeness (QED) is 0.159. The molecule has 1 atom stereocenters. The summed E-state index contributed by atoms with van der Waals surface area (Å²) in [7, 11) is 0. The van der Waals surface area contributed by atoms with Crippen LogP contribution in [-0.4, -0.2) is 16.2 Å². The lowest BCUT2D eigenvalue weighted by atomic mass is 10.1. The van der Waals surface area contributed by atoms with Gasteiger partial charge in [0, 0.05) is 16.3 Å². The van der Waals surface area contributed by atoms with Gasteiger partial charge < -0.3 is 14.9 Å². The van der Waals surface area contributed by atoms with Crippen LogP contribution in [0.4, 0.5) is 17.6 Å². The number of halogens is 7. The Morgan fingerprint density at radius 2 is 1.60 bits per heavy atom. The molecule has 2 aromatic carbocycles. The third-order valence-corrected chi connectivity index (χ3v) is 6.66. The maximum absolute atomic E-state index is 14.1. The van der Waals surface area contributed by atoms with Crippen LogP contribution in [0.2, 0.25) is 0 Å². The van der Waals surface area contributed by atoms with Crippen molar-refractivity contribution in [2.75, 3.05) is 0 Å². The molecule has 0 aromatic heterocycles. The van der Waals surface area contributed by atoms with E-state index in [0.717, 1.165) is 0 Å². The van der Waals surface area contributed by atoms with Crippen LogP contribution < -0.4 is 4.74 Å². The minimum atomic E-state index is -2.21. The van der Waals surface area contributed by atoms with E-state index >= 15 is 0 Å². The van der Waals surface area contributed by atoms with Crippen molar-refractivity contribution in [1.82, 2.24) is 0 Å². The van der Waals surface area contributed by atoms with Crippen LogP contribution >= 0.6 is 67.8 Å². The van der Waals surface area contributed by atoms with E-state index in [9.17, 15) is 27.5 Å². The smallest absolute Gasteiger partial charge is 0.341 e. The Morgan fingerprint density at radius 3 is 2.16 bits per heavy atom. The van der Waals surface area contributed by atoms with Gasteiger partial charge in [0.15, 0.2) is 23.2 Å². The number of rotatable bonds is 4. The van der Waals surface area contributed by atoms with Crippen LogP contribution in [0.5, 0.6) is 5.75 Å². The molecular formula is C14H5F4I3O4. The zero-order chi connectivity index (χ0) is 19.0. The molecule has 0 radical (unpaired) electrons. The first-order valence-corrected chi connectivity index (χ1v) is 9.38. The summed E-state index contributed by atoms with van der Waals surface area (Å²) in [5, 5.41) is 18.9. The van der Waals surface area contributed by atoms with Gasteiger partial charge in [0.2, 0.25) is 12.1 Å².